The van der Waals surface area contributed by atoms with E-state index in [9.17, 15) is 14.4 Å². The van der Waals surface area contributed by atoms with Gasteiger partial charge in [-0.2, -0.15) is 0 Å². The topological polar surface area (TPSA) is 51.2 Å². The predicted molar refractivity (Wildman–Crippen MR) is 144 cm³/mol. The molecule has 9 heteroatoms. The van der Waals surface area contributed by atoms with Crippen LogP contribution in [0.2, 0.25) is 12.6 Å². The van der Waals surface area contributed by atoms with Gasteiger partial charge in [0.25, 0.3) is 0 Å². The first-order valence-electron chi connectivity index (χ1n) is 10.3. The Morgan fingerprint density at radius 1 is 0.821 bits per heavy atom. The van der Waals surface area contributed by atoms with E-state index in [0.29, 0.717) is 12.1 Å². The van der Waals surface area contributed by atoms with Crippen molar-refractivity contribution in [1.29, 1.82) is 0 Å². The average molecular weight is 466 g/mol. The number of carbonyl (C=O) groups excluding carboxylic acids is 3. The fraction of sp³-hybridized carbons (Fsp3) is 0.842. The summed E-state index contributed by atoms with van der Waals surface area (Å²) in [5, 5.41) is 0. The third-order valence-electron chi connectivity index (χ3n) is 2.85. The Bertz CT molecular complexity index is 347. The number of rotatable bonds is 13. The van der Waals surface area contributed by atoms with E-state index in [2.05, 4.69) is 31.7 Å². The van der Waals surface area contributed by atoms with E-state index in [0.717, 1.165) is 54.9 Å². The lowest BCUT2D eigenvalue weighted by atomic mass is 9.67. The normalized spacial score (nSPS) is 9.57. The van der Waals surface area contributed by atoms with Gasteiger partial charge in [0, 0.05) is 6.42 Å². The maximum atomic E-state index is 10.9. The highest BCUT2D eigenvalue weighted by molar-refractivity contribution is 8.03. The molecule has 2 radical (unpaired) electrons. The van der Waals surface area contributed by atoms with Crippen LogP contribution in [0.4, 0.5) is 0 Å². The van der Waals surface area contributed by atoms with Crippen molar-refractivity contribution in [2.45, 2.75) is 92.7 Å². The van der Waals surface area contributed by atoms with Gasteiger partial charge in [0.05, 0.1) is 11.4 Å². The molecule has 0 aliphatic heterocycles. The highest BCUT2D eigenvalue weighted by Crippen LogP contribution is 2.21. The zero-order chi connectivity index (χ0) is 22.6. The van der Waals surface area contributed by atoms with Crippen LogP contribution in [0.15, 0.2) is 0 Å². The van der Waals surface area contributed by atoms with Gasteiger partial charge in [-0.1, -0.05) is 66.0 Å². The minimum absolute atomic E-state index is 0.196. The van der Waals surface area contributed by atoms with Crippen LogP contribution in [0.25, 0.3) is 0 Å². The summed E-state index contributed by atoms with van der Waals surface area (Å²) in [6.45, 7) is 11.3. The third-order valence-corrected chi connectivity index (χ3v) is 5.87. The molecular weight excluding hydrogens is 422 g/mol. The molecule has 4 atom stereocenters. The lowest BCUT2D eigenvalue weighted by molar-refractivity contribution is -0.116. The summed E-state index contributed by atoms with van der Waals surface area (Å²) in [6, 6.07) is 0. The molecule has 0 bridgehead atoms. The second kappa shape index (κ2) is 35.3. The Morgan fingerprint density at radius 3 is 1.50 bits per heavy atom. The van der Waals surface area contributed by atoms with Crippen molar-refractivity contribution < 1.29 is 14.4 Å². The highest BCUT2D eigenvalue weighted by Gasteiger charge is 2.00. The van der Waals surface area contributed by atoms with Crippen LogP contribution < -0.4 is 0 Å². The van der Waals surface area contributed by atoms with Gasteiger partial charge in [-0.3, -0.25) is 0 Å². The van der Waals surface area contributed by atoms with E-state index in [1.807, 2.05) is 21.1 Å². The Balaban J connectivity index is -0.000000152. The van der Waals surface area contributed by atoms with E-state index in [1.54, 1.807) is 21.1 Å². The van der Waals surface area contributed by atoms with E-state index in [1.165, 1.54) is 18.7 Å². The molecule has 0 aliphatic carbocycles. The molecule has 0 spiro atoms. The molecule has 4 unspecified atom stereocenters. The highest BCUT2D eigenvalue weighted by atomic mass is 32.0. The molecule has 0 saturated carbocycles. The van der Waals surface area contributed by atoms with Crippen LogP contribution in [0.3, 0.4) is 0 Å². The molecule has 164 valence electrons. The summed E-state index contributed by atoms with van der Waals surface area (Å²) < 4.78 is 0. The molecule has 0 N–H and O–H groups in total. The van der Waals surface area contributed by atoms with Gasteiger partial charge in [-0.25, -0.2) is 0 Å². The molecule has 28 heavy (non-hydrogen) atoms. The molecule has 0 fully saturated rings. The average Bonchev–Trinajstić information content (AvgIpc) is 2.64. The Hall–Kier alpha value is 0.860. The lowest BCUT2D eigenvalue weighted by Crippen LogP contribution is -2.07. The van der Waals surface area contributed by atoms with Gasteiger partial charge in [0.1, 0.15) is 5.78 Å². The monoisotopic (exact) mass is 466 g/mol. The van der Waals surface area contributed by atoms with Gasteiger partial charge in [0.2, 0.25) is 14.6 Å². The molecule has 0 amide bonds. The SMILES string of the molecule is CC(=O)[B]CCCPP.CCC.CCC(C)=O.CCCC(=O)[B]CCCPP. The molecule has 0 aromatic heterocycles. The summed E-state index contributed by atoms with van der Waals surface area (Å²) in [5.74, 6) is 0.255. The molecule has 3 nitrogen and oxygen atoms in total. The first kappa shape index (κ1) is 36.2. The van der Waals surface area contributed by atoms with Gasteiger partial charge < -0.3 is 14.4 Å². The van der Waals surface area contributed by atoms with Crippen molar-refractivity contribution in [1.82, 2.24) is 0 Å². The van der Waals surface area contributed by atoms with Gasteiger partial charge in [-0.15, -0.1) is 34.4 Å². The van der Waals surface area contributed by atoms with Crippen LogP contribution in [-0.2, 0) is 14.4 Å². The first-order valence-corrected chi connectivity index (χ1v) is 16.4. The van der Waals surface area contributed by atoms with Crippen LogP contribution in [0.5, 0.6) is 0 Å². The first-order chi connectivity index (χ1) is 13.3. The largest absolute Gasteiger partial charge is 0.312 e. The zero-order valence-electron chi connectivity index (χ0n) is 19.1. The molecule has 0 rings (SSSR count). The zero-order valence-corrected chi connectivity index (χ0v) is 23.4. The minimum Gasteiger partial charge on any atom is -0.312 e. The molecule has 0 aliphatic rings. The predicted octanol–water partition coefficient (Wildman–Crippen LogP) is 6.21. The number of carbonyl (C=O) groups is 3. The third kappa shape index (κ3) is 56.3. The van der Waals surface area contributed by atoms with Crippen molar-refractivity contribution in [3.63, 3.8) is 0 Å². The summed E-state index contributed by atoms with van der Waals surface area (Å²) in [7, 11) is 10.9. The number of ketones is 1. The Kier molecular flexibility index (Phi) is 45.7. The standard InChI is InChI=1S/C7H16BOP2.C5H12BOP2.C4H8O.C3H8/c1-2-4-7(9)8-5-3-6-11-10;1-5(7)6-3-2-4-9-8;1-3-4(2)5;1-3-2/h11H,2-6,10H2,1H3;9H,2-4,8H2,1H3;3H2,1-2H3;3H2,1-2H3. The minimum atomic E-state index is 0.196. The molecule has 0 aromatic carbocycles. The number of Topliss-reactive ketones (excluding diaryl/α,β-unsaturated/α-hetero) is 1. The van der Waals surface area contributed by atoms with Gasteiger partial charge in [0.15, 0.2) is 0 Å². The second-order valence-corrected chi connectivity index (χ2v) is 10.5. The van der Waals surface area contributed by atoms with Crippen molar-refractivity contribution in [3.8, 4) is 0 Å². The maximum Gasteiger partial charge on any atom is 0.202 e. The molecular formula is C19H44B2O3P4. The molecule has 0 aromatic rings. The number of hydrogen-bond donors (Lipinski definition) is 0. The Labute approximate surface area is 185 Å². The van der Waals surface area contributed by atoms with Crippen molar-refractivity contribution in [3.05, 3.63) is 0 Å². The van der Waals surface area contributed by atoms with Crippen molar-refractivity contribution in [2.75, 3.05) is 12.3 Å². The summed E-state index contributed by atoms with van der Waals surface area (Å²) in [5.41, 5.74) is 0.515. The summed E-state index contributed by atoms with van der Waals surface area (Å²) >= 11 is 0. The van der Waals surface area contributed by atoms with Crippen molar-refractivity contribution in [2.24, 2.45) is 0 Å². The summed E-state index contributed by atoms with van der Waals surface area (Å²) in [6.07, 6.45) is 10.3. The van der Waals surface area contributed by atoms with E-state index in [-0.39, 0.29) is 11.5 Å². The van der Waals surface area contributed by atoms with Crippen molar-refractivity contribution >= 4 is 66.1 Å². The lowest BCUT2D eigenvalue weighted by Gasteiger charge is -1.96. The van der Waals surface area contributed by atoms with Gasteiger partial charge >= 0.3 is 0 Å². The Morgan fingerprint density at radius 2 is 1.21 bits per heavy atom. The number of hydrogen-bond acceptors (Lipinski definition) is 3. The van der Waals surface area contributed by atoms with E-state index < -0.39 is 0 Å². The van der Waals surface area contributed by atoms with Crippen LogP contribution in [-0.4, -0.2) is 44.0 Å². The maximum absolute atomic E-state index is 10.9. The van der Waals surface area contributed by atoms with Crippen LogP contribution >= 0.6 is 34.4 Å². The molecule has 0 saturated heterocycles. The fourth-order valence-corrected chi connectivity index (χ4v) is 3.37. The smallest absolute Gasteiger partial charge is 0.202 e. The van der Waals surface area contributed by atoms with Gasteiger partial charge in [-0.05, 0) is 32.6 Å². The summed E-state index contributed by atoms with van der Waals surface area (Å²) in [4.78, 5) is 31.1. The molecule has 0 heterocycles. The quantitative estimate of drug-likeness (QED) is 0.184. The fourth-order valence-electron chi connectivity index (χ4n) is 1.33. The van der Waals surface area contributed by atoms with E-state index >= 15 is 0 Å². The van der Waals surface area contributed by atoms with E-state index in [4.69, 9.17) is 0 Å². The second-order valence-electron chi connectivity index (χ2n) is 6.19. The van der Waals surface area contributed by atoms with Crippen LogP contribution in [0, 0.1) is 0 Å². The van der Waals surface area contributed by atoms with Crippen LogP contribution in [0.1, 0.15) is 80.1 Å².